The van der Waals surface area contributed by atoms with Gasteiger partial charge in [0.2, 0.25) is 0 Å². The molecule has 0 aliphatic heterocycles. The van der Waals surface area contributed by atoms with E-state index in [1.807, 2.05) is 6.92 Å². The van der Waals surface area contributed by atoms with Gasteiger partial charge in [0, 0.05) is 0 Å². The Hall–Kier alpha value is -0.731. The van der Waals surface area contributed by atoms with Crippen LogP contribution < -0.4 is 0 Å². The molecule has 1 heterocycles. The van der Waals surface area contributed by atoms with Crippen molar-refractivity contribution in [2.75, 3.05) is 0 Å². The Kier molecular flexibility index (Phi) is 1.74. The summed E-state index contributed by atoms with van der Waals surface area (Å²) in [7, 11) is 0. The summed E-state index contributed by atoms with van der Waals surface area (Å²) in [6.07, 6.45) is 0. The van der Waals surface area contributed by atoms with E-state index in [0.29, 0.717) is 5.56 Å². The van der Waals surface area contributed by atoms with Crippen LogP contribution in [0.2, 0.25) is 0 Å². The molecule has 0 bridgehead atoms. The average Bonchev–Trinajstić information content (AvgIpc) is 2.48. The van der Waals surface area contributed by atoms with Crippen LogP contribution in [0.15, 0.2) is 6.07 Å². The Morgan fingerprint density at radius 2 is 1.92 bits per heavy atom. The Morgan fingerprint density at radius 3 is 2.67 bits per heavy atom. The Balaban J connectivity index is 2.97. The van der Waals surface area contributed by atoms with Crippen molar-refractivity contribution in [3.05, 3.63) is 23.0 Å². The molecular formula is C8H7FN2Se. The van der Waals surface area contributed by atoms with E-state index in [1.165, 1.54) is 6.07 Å². The van der Waals surface area contributed by atoms with Crippen molar-refractivity contribution >= 4 is 26.0 Å². The Bertz CT molecular complexity index is 436. The SMILES string of the molecule is Cc1cc(F)c(C)c2n[se]nc12. The fraction of sp³-hybridized carbons (Fsp3) is 0.250. The summed E-state index contributed by atoms with van der Waals surface area (Å²) in [5, 5.41) is 0. The molecule has 0 amide bonds. The number of aryl methyl sites for hydroxylation is 2. The van der Waals surface area contributed by atoms with Crippen molar-refractivity contribution in [3.8, 4) is 0 Å². The van der Waals surface area contributed by atoms with Crippen molar-refractivity contribution in [2.24, 2.45) is 0 Å². The van der Waals surface area contributed by atoms with Gasteiger partial charge in [0.1, 0.15) is 0 Å². The van der Waals surface area contributed by atoms with Gasteiger partial charge in [0.25, 0.3) is 0 Å². The number of halogens is 1. The quantitative estimate of drug-likeness (QED) is 0.639. The maximum atomic E-state index is 13.1. The minimum absolute atomic E-state index is 0.0638. The van der Waals surface area contributed by atoms with Gasteiger partial charge in [-0.2, -0.15) is 0 Å². The Morgan fingerprint density at radius 1 is 1.25 bits per heavy atom. The molecule has 0 unspecified atom stereocenters. The zero-order valence-corrected chi connectivity index (χ0v) is 8.47. The van der Waals surface area contributed by atoms with E-state index in [1.54, 1.807) is 6.92 Å². The molecule has 1 aromatic carbocycles. The van der Waals surface area contributed by atoms with E-state index in [2.05, 4.69) is 7.96 Å². The van der Waals surface area contributed by atoms with Crippen LogP contribution in [0.5, 0.6) is 0 Å². The summed E-state index contributed by atoms with van der Waals surface area (Å²) in [6.45, 7) is 3.61. The third-order valence-corrected chi connectivity index (χ3v) is 3.03. The number of fused-ring (bicyclic) bond motifs is 1. The third kappa shape index (κ3) is 0.993. The van der Waals surface area contributed by atoms with Gasteiger partial charge in [0.05, 0.1) is 0 Å². The summed E-state index contributed by atoms with van der Waals surface area (Å²) >= 11 is -0.0638. The first kappa shape index (κ1) is 7.89. The summed E-state index contributed by atoms with van der Waals surface area (Å²) in [5.74, 6) is -0.178. The van der Waals surface area contributed by atoms with Crippen LogP contribution in [0, 0.1) is 19.7 Å². The Labute approximate surface area is 75.6 Å². The van der Waals surface area contributed by atoms with E-state index in [-0.39, 0.29) is 20.8 Å². The molecule has 0 spiro atoms. The zero-order chi connectivity index (χ0) is 8.72. The van der Waals surface area contributed by atoms with Gasteiger partial charge in [-0.3, -0.25) is 0 Å². The molecule has 0 atom stereocenters. The van der Waals surface area contributed by atoms with Crippen LogP contribution >= 0.6 is 0 Å². The molecule has 0 N–H and O–H groups in total. The first-order valence-corrected chi connectivity index (χ1v) is 5.11. The predicted molar refractivity (Wildman–Crippen MR) is 45.9 cm³/mol. The van der Waals surface area contributed by atoms with Crippen LogP contribution in [0.3, 0.4) is 0 Å². The number of benzene rings is 1. The molecule has 0 radical (unpaired) electrons. The van der Waals surface area contributed by atoms with Crippen LogP contribution in [0.4, 0.5) is 4.39 Å². The van der Waals surface area contributed by atoms with E-state index < -0.39 is 0 Å². The standard InChI is InChI=1S/C8H7FN2Se/c1-4-3-6(9)5(2)8-7(4)10-12-11-8/h3H,1-2H3. The van der Waals surface area contributed by atoms with Crippen LogP contribution in [-0.2, 0) is 0 Å². The fourth-order valence-corrected chi connectivity index (χ4v) is 2.55. The van der Waals surface area contributed by atoms with E-state index in [4.69, 9.17) is 0 Å². The summed E-state index contributed by atoms with van der Waals surface area (Å²) < 4.78 is 21.5. The van der Waals surface area contributed by atoms with Gasteiger partial charge < -0.3 is 0 Å². The number of hydrogen-bond acceptors (Lipinski definition) is 2. The van der Waals surface area contributed by atoms with Crippen molar-refractivity contribution in [3.63, 3.8) is 0 Å². The van der Waals surface area contributed by atoms with Crippen LogP contribution in [0.1, 0.15) is 11.1 Å². The number of hydrogen-bond donors (Lipinski definition) is 0. The molecule has 12 heavy (non-hydrogen) atoms. The summed E-state index contributed by atoms with van der Waals surface area (Å²) in [5.41, 5.74) is 3.15. The second-order valence-corrected chi connectivity index (χ2v) is 3.87. The molecule has 0 saturated carbocycles. The van der Waals surface area contributed by atoms with E-state index in [0.717, 1.165) is 16.6 Å². The second-order valence-electron chi connectivity index (χ2n) is 2.76. The molecular weight excluding hydrogens is 222 g/mol. The molecule has 0 aliphatic rings. The van der Waals surface area contributed by atoms with Gasteiger partial charge in [-0.25, -0.2) is 0 Å². The van der Waals surface area contributed by atoms with Crippen LogP contribution in [-0.4, -0.2) is 22.9 Å². The van der Waals surface area contributed by atoms with Crippen LogP contribution in [0.25, 0.3) is 11.0 Å². The number of nitrogens with zero attached hydrogens (tertiary/aromatic N) is 2. The van der Waals surface area contributed by atoms with Crippen molar-refractivity contribution in [1.29, 1.82) is 0 Å². The monoisotopic (exact) mass is 230 g/mol. The molecule has 62 valence electrons. The van der Waals surface area contributed by atoms with E-state index >= 15 is 0 Å². The number of aromatic nitrogens is 2. The van der Waals surface area contributed by atoms with Crippen molar-refractivity contribution < 1.29 is 4.39 Å². The zero-order valence-electron chi connectivity index (χ0n) is 6.76. The minimum atomic E-state index is -0.178. The molecule has 0 fully saturated rings. The fourth-order valence-electron chi connectivity index (χ4n) is 1.17. The van der Waals surface area contributed by atoms with Gasteiger partial charge >= 0.3 is 75.2 Å². The molecule has 2 aromatic rings. The van der Waals surface area contributed by atoms with Crippen molar-refractivity contribution in [2.45, 2.75) is 13.8 Å². The van der Waals surface area contributed by atoms with E-state index in [9.17, 15) is 4.39 Å². The first-order valence-electron chi connectivity index (χ1n) is 3.58. The maximum absolute atomic E-state index is 13.1. The summed E-state index contributed by atoms with van der Waals surface area (Å²) in [4.78, 5) is 0. The molecule has 0 saturated heterocycles. The first-order chi connectivity index (χ1) is 5.70. The molecule has 4 heteroatoms. The normalized spacial score (nSPS) is 10.9. The molecule has 2 nitrogen and oxygen atoms in total. The molecule has 1 aromatic heterocycles. The predicted octanol–water partition coefficient (Wildman–Crippen LogP) is 1.44. The van der Waals surface area contributed by atoms with Gasteiger partial charge in [0.15, 0.2) is 0 Å². The van der Waals surface area contributed by atoms with Gasteiger partial charge in [-0.05, 0) is 0 Å². The second kappa shape index (κ2) is 2.64. The molecule has 0 aliphatic carbocycles. The number of rotatable bonds is 0. The molecule has 2 rings (SSSR count). The van der Waals surface area contributed by atoms with Gasteiger partial charge in [-0.1, -0.05) is 0 Å². The third-order valence-electron chi connectivity index (χ3n) is 1.92. The topological polar surface area (TPSA) is 25.8 Å². The van der Waals surface area contributed by atoms with Crippen molar-refractivity contribution in [1.82, 2.24) is 7.96 Å². The van der Waals surface area contributed by atoms with Gasteiger partial charge in [-0.15, -0.1) is 0 Å². The summed E-state index contributed by atoms with van der Waals surface area (Å²) in [6, 6.07) is 1.52. The average molecular weight is 229 g/mol.